The van der Waals surface area contributed by atoms with E-state index < -0.39 is 0 Å². The number of amides is 1. The fraction of sp³-hybridized carbons (Fsp3) is 0.611. The molecule has 2 aliphatic heterocycles. The van der Waals surface area contributed by atoms with Gasteiger partial charge in [0.05, 0.1) is 0 Å². The maximum Gasteiger partial charge on any atom is 0.222 e. The van der Waals surface area contributed by atoms with Crippen molar-refractivity contribution in [1.82, 2.24) is 15.8 Å². The molecule has 0 saturated carbocycles. The first-order valence-corrected chi connectivity index (χ1v) is 8.96. The lowest BCUT2D eigenvalue weighted by Crippen LogP contribution is -2.35. The van der Waals surface area contributed by atoms with E-state index in [0.717, 1.165) is 64.2 Å². The Morgan fingerprint density at radius 2 is 1.83 bits per heavy atom. The van der Waals surface area contributed by atoms with Gasteiger partial charge in [-0.05, 0) is 49.4 Å². The summed E-state index contributed by atoms with van der Waals surface area (Å²) in [4.78, 5) is 16.7. The second kappa shape index (κ2) is 8.44. The molecule has 2 fully saturated rings. The zero-order valence-electron chi connectivity index (χ0n) is 14.1. The number of hydrogen-bond donors (Lipinski definition) is 2. The second-order valence-corrected chi connectivity index (χ2v) is 6.72. The van der Waals surface area contributed by atoms with Gasteiger partial charge in [-0.25, -0.2) is 4.39 Å². The highest BCUT2D eigenvalue weighted by molar-refractivity contribution is 5.76. The molecule has 24 heavy (non-hydrogen) atoms. The lowest BCUT2D eigenvalue weighted by molar-refractivity contribution is -0.131. The number of halogens is 1. The summed E-state index contributed by atoms with van der Waals surface area (Å²) >= 11 is 0. The van der Waals surface area contributed by atoms with Gasteiger partial charge in [-0.3, -0.25) is 15.6 Å². The highest BCUT2D eigenvalue weighted by Crippen LogP contribution is 2.18. The lowest BCUT2D eigenvalue weighted by Gasteiger charge is -2.24. The molecule has 5 nitrogen and oxygen atoms in total. The van der Waals surface area contributed by atoms with Crippen molar-refractivity contribution in [3.05, 3.63) is 30.1 Å². The van der Waals surface area contributed by atoms with Crippen LogP contribution in [0.1, 0.15) is 25.7 Å². The molecule has 6 heteroatoms. The van der Waals surface area contributed by atoms with Crippen LogP contribution >= 0.6 is 0 Å². The van der Waals surface area contributed by atoms with Gasteiger partial charge in [-0.15, -0.1) is 0 Å². The van der Waals surface area contributed by atoms with Crippen molar-refractivity contribution in [3.8, 4) is 0 Å². The largest absolute Gasteiger partial charge is 0.370 e. The van der Waals surface area contributed by atoms with Crippen LogP contribution in [0.15, 0.2) is 24.3 Å². The van der Waals surface area contributed by atoms with Crippen LogP contribution in [0.5, 0.6) is 0 Å². The van der Waals surface area contributed by atoms with Crippen LogP contribution < -0.4 is 15.8 Å². The molecule has 0 bridgehead atoms. The molecule has 0 spiro atoms. The van der Waals surface area contributed by atoms with Crippen LogP contribution in [0.3, 0.4) is 0 Å². The molecular weight excluding hydrogens is 307 g/mol. The Morgan fingerprint density at radius 3 is 2.58 bits per heavy atom. The molecule has 132 valence electrons. The van der Waals surface area contributed by atoms with Crippen LogP contribution in [0, 0.1) is 11.7 Å². The van der Waals surface area contributed by atoms with Crippen LogP contribution in [-0.4, -0.2) is 50.1 Å². The van der Waals surface area contributed by atoms with Crippen molar-refractivity contribution in [1.29, 1.82) is 0 Å². The maximum absolute atomic E-state index is 13.1. The molecule has 2 aliphatic rings. The normalized spacial score (nSPS) is 19.5. The van der Waals surface area contributed by atoms with Crippen LogP contribution in [-0.2, 0) is 4.79 Å². The van der Waals surface area contributed by atoms with Gasteiger partial charge in [0.1, 0.15) is 5.82 Å². The summed E-state index contributed by atoms with van der Waals surface area (Å²) < 4.78 is 13.1. The van der Waals surface area contributed by atoms with Crippen LogP contribution in [0.4, 0.5) is 10.1 Å². The van der Waals surface area contributed by atoms with Gasteiger partial charge in [0.15, 0.2) is 0 Å². The molecule has 1 aromatic rings. The molecule has 2 saturated heterocycles. The number of rotatable bonds is 5. The average molecular weight is 334 g/mol. The van der Waals surface area contributed by atoms with Gasteiger partial charge in [0, 0.05) is 51.4 Å². The van der Waals surface area contributed by atoms with Gasteiger partial charge in [0.2, 0.25) is 5.91 Å². The Morgan fingerprint density at radius 1 is 1.08 bits per heavy atom. The van der Waals surface area contributed by atoms with Crippen LogP contribution in [0.25, 0.3) is 0 Å². The van der Waals surface area contributed by atoms with Crippen molar-refractivity contribution < 1.29 is 9.18 Å². The Hall–Kier alpha value is -1.66. The molecule has 0 aromatic heterocycles. The Labute approximate surface area is 143 Å². The van der Waals surface area contributed by atoms with E-state index in [0.29, 0.717) is 12.3 Å². The third kappa shape index (κ3) is 4.68. The molecule has 2 heterocycles. The summed E-state index contributed by atoms with van der Waals surface area (Å²) in [5, 5.41) is 0. The molecule has 0 atom stereocenters. The Balaban J connectivity index is 1.44. The van der Waals surface area contributed by atoms with E-state index in [1.54, 1.807) is 0 Å². The fourth-order valence-electron chi connectivity index (χ4n) is 3.49. The fourth-order valence-corrected chi connectivity index (χ4v) is 3.49. The molecule has 1 aromatic carbocycles. The van der Waals surface area contributed by atoms with Crippen molar-refractivity contribution in [2.45, 2.75) is 25.7 Å². The number of carbonyl (C=O) groups is 1. The van der Waals surface area contributed by atoms with Crippen molar-refractivity contribution >= 4 is 11.6 Å². The highest BCUT2D eigenvalue weighted by Gasteiger charge is 2.20. The van der Waals surface area contributed by atoms with E-state index in [-0.39, 0.29) is 11.7 Å². The van der Waals surface area contributed by atoms with Crippen LogP contribution in [0.2, 0.25) is 0 Å². The predicted octanol–water partition coefficient (Wildman–Crippen LogP) is 1.76. The van der Waals surface area contributed by atoms with E-state index in [1.165, 1.54) is 12.1 Å². The van der Waals surface area contributed by atoms with E-state index in [1.807, 2.05) is 17.0 Å². The smallest absolute Gasteiger partial charge is 0.222 e. The SMILES string of the molecule is O=C(CCCC1CNNC1)N1CCCN(c2ccc(F)cc2)CC1. The molecular formula is C18H27FN4O. The number of hydrogen-bond acceptors (Lipinski definition) is 4. The second-order valence-electron chi connectivity index (χ2n) is 6.72. The minimum Gasteiger partial charge on any atom is -0.370 e. The average Bonchev–Trinajstić information content (AvgIpc) is 2.98. The third-order valence-electron chi connectivity index (χ3n) is 4.95. The Bertz CT molecular complexity index is 530. The quantitative estimate of drug-likeness (QED) is 0.861. The molecule has 1 amide bonds. The zero-order chi connectivity index (χ0) is 16.8. The van der Waals surface area contributed by atoms with Gasteiger partial charge in [0.25, 0.3) is 0 Å². The van der Waals surface area contributed by atoms with Gasteiger partial charge in [-0.2, -0.15) is 0 Å². The van der Waals surface area contributed by atoms with Crippen molar-refractivity contribution in [2.75, 3.05) is 44.2 Å². The highest BCUT2D eigenvalue weighted by atomic mass is 19.1. The first-order valence-electron chi connectivity index (χ1n) is 8.96. The van der Waals surface area contributed by atoms with Gasteiger partial charge < -0.3 is 9.80 Å². The maximum atomic E-state index is 13.1. The minimum absolute atomic E-state index is 0.210. The lowest BCUT2D eigenvalue weighted by atomic mass is 10.0. The van der Waals surface area contributed by atoms with E-state index >= 15 is 0 Å². The molecule has 0 radical (unpaired) electrons. The summed E-state index contributed by atoms with van der Waals surface area (Å²) in [6.45, 7) is 5.31. The number of hydrazine groups is 1. The summed E-state index contributed by atoms with van der Waals surface area (Å²) in [7, 11) is 0. The third-order valence-corrected chi connectivity index (χ3v) is 4.95. The molecule has 0 aliphatic carbocycles. The number of nitrogens with one attached hydrogen (secondary N) is 2. The van der Waals surface area contributed by atoms with E-state index in [9.17, 15) is 9.18 Å². The summed E-state index contributed by atoms with van der Waals surface area (Å²) in [6.07, 6.45) is 3.67. The number of nitrogens with zero attached hydrogens (tertiary/aromatic N) is 2. The molecule has 3 rings (SSSR count). The van der Waals surface area contributed by atoms with E-state index in [4.69, 9.17) is 0 Å². The van der Waals surface area contributed by atoms with Crippen molar-refractivity contribution in [2.24, 2.45) is 5.92 Å². The number of benzene rings is 1. The first kappa shape index (κ1) is 17.2. The zero-order valence-corrected chi connectivity index (χ0v) is 14.1. The summed E-state index contributed by atoms with van der Waals surface area (Å²) in [6, 6.07) is 6.62. The van der Waals surface area contributed by atoms with E-state index in [2.05, 4.69) is 15.8 Å². The number of carbonyl (C=O) groups excluding carboxylic acids is 1. The predicted molar refractivity (Wildman–Crippen MR) is 93.2 cm³/mol. The standard InChI is InChI=1S/C18H27FN4O/c19-16-5-7-17(8-6-16)22-9-2-10-23(12-11-22)18(24)4-1-3-15-13-20-21-14-15/h5-8,15,20-21H,1-4,9-14H2. The topological polar surface area (TPSA) is 47.6 Å². The molecule has 2 N–H and O–H groups in total. The minimum atomic E-state index is -0.210. The van der Waals surface area contributed by atoms with Gasteiger partial charge >= 0.3 is 0 Å². The summed E-state index contributed by atoms with van der Waals surface area (Å²) in [5.41, 5.74) is 7.30. The number of anilines is 1. The monoisotopic (exact) mass is 334 g/mol. The Kier molecular flexibility index (Phi) is 6.04. The summed E-state index contributed by atoms with van der Waals surface area (Å²) in [5.74, 6) is 0.712. The molecule has 0 unspecified atom stereocenters. The van der Waals surface area contributed by atoms with Gasteiger partial charge in [-0.1, -0.05) is 0 Å². The first-order chi connectivity index (χ1) is 11.7. The van der Waals surface area contributed by atoms with Crippen molar-refractivity contribution in [3.63, 3.8) is 0 Å².